The average Bonchev–Trinajstić information content (AvgIpc) is 2.61. The van der Waals surface area contributed by atoms with Crippen LogP contribution in [0, 0.1) is 0 Å². The minimum absolute atomic E-state index is 0.172. The zero-order valence-electron chi connectivity index (χ0n) is 13.5. The van der Waals surface area contributed by atoms with Gasteiger partial charge in [0.2, 0.25) is 0 Å². The highest BCUT2D eigenvalue weighted by molar-refractivity contribution is 5.93. The van der Waals surface area contributed by atoms with Crippen LogP contribution in [0.1, 0.15) is 29.3 Å². The molecule has 0 bridgehead atoms. The average molecular weight is 310 g/mol. The third kappa shape index (κ3) is 4.20. The maximum atomic E-state index is 12.2. The predicted octanol–water partition coefficient (Wildman–Crippen LogP) is 3.42. The van der Waals surface area contributed by atoms with E-state index in [4.69, 9.17) is 4.74 Å². The molecule has 23 heavy (non-hydrogen) atoms. The van der Waals surface area contributed by atoms with E-state index in [1.165, 1.54) is 0 Å². The van der Waals surface area contributed by atoms with Gasteiger partial charge in [0, 0.05) is 5.56 Å². The lowest BCUT2D eigenvalue weighted by atomic mass is 9.89. The first-order chi connectivity index (χ1) is 11.1. The number of methoxy groups -OCH3 is 1. The molecule has 1 atom stereocenters. The third-order valence-electron chi connectivity index (χ3n) is 3.77. The van der Waals surface area contributed by atoms with Crippen LogP contribution in [0.4, 0.5) is 0 Å². The zero-order valence-corrected chi connectivity index (χ0v) is 13.5. The molecular formula is C19H22N2O2. The topological polar surface area (TPSA) is 50.4 Å². The Kier molecular flexibility index (Phi) is 5.55. The number of hydrazine groups is 1. The Hall–Kier alpha value is -2.59. The standard InChI is InChI=1S/C19H22N2O2/c1-4-14-19(2,16-10-12-17(23-3)13-11-16)21-20-18(22)15-8-6-5-7-9-15/h4-13,21H,1,14H2,2-3H3,(H,20,22)/t19-/m1/s1. The normalized spacial score (nSPS) is 13.0. The van der Waals surface area contributed by atoms with Crippen molar-refractivity contribution >= 4 is 5.91 Å². The van der Waals surface area contributed by atoms with Crippen molar-refractivity contribution < 1.29 is 9.53 Å². The molecule has 4 nitrogen and oxygen atoms in total. The Bertz CT molecular complexity index is 653. The second kappa shape index (κ2) is 7.61. The van der Waals surface area contributed by atoms with Gasteiger partial charge in [-0.25, -0.2) is 5.43 Å². The van der Waals surface area contributed by atoms with Crippen LogP contribution in [0.3, 0.4) is 0 Å². The molecule has 2 rings (SSSR count). The quantitative estimate of drug-likeness (QED) is 0.608. The van der Waals surface area contributed by atoms with Crippen LogP contribution < -0.4 is 15.6 Å². The molecule has 0 radical (unpaired) electrons. The third-order valence-corrected chi connectivity index (χ3v) is 3.77. The summed E-state index contributed by atoms with van der Waals surface area (Å²) in [4.78, 5) is 12.2. The number of hydrogen-bond donors (Lipinski definition) is 2. The van der Waals surface area contributed by atoms with E-state index < -0.39 is 5.54 Å². The maximum absolute atomic E-state index is 12.2. The van der Waals surface area contributed by atoms with Gasteiger partial charge in [-0.3, -0.25) is 10.2 Å². The van der Waals surface area contributed by atoms with E-state index in [0.29, 0.717) is 12.0 Å². The number of hydrogen-bond acceptors (Lipinski definition) is 3. The monoisotopic (exact) mass is 310 g/mol. The molecule has 2 aromatic rings. The Morgan fingerprint density at radius 1 is 1.17 bits per heavy atom. The molecule has 0 saturated heterocycles. The number of nitrogens with one attached hydrogen (secondary N) is 2. The van der Waals surface area contributed by atoms with Gasteiger partial charge in [0.25, 0.3) is 5.91 Å². The lowest BCUT2D eigenvalue weighted by Crippen LogP contribution is -2.50. The molecule has 0 heterocycles. The van der Waals surface area contributed by atoms with Crippen LogP contribution in [-0.4, -0.2) is 13.0 Å². The summed E-state index contributed by atoms with van der Waals surface area (Å²) >= 11 is 0. The van der Waals surface area contributed by atoms with E-state index in [1.54, 1.807) is 19.2 Å². The van der Waals surface area contributed by atoms with Crippen LogP contribution in [0.25, 0.3) is 0 Å². The molecule has 4 heteroatoms. The van der Waals surface area contributed by atoms with E-state index in [2.05, 4.69) is 17.4 Å². The van der Waals surface area contributed by atoms with Gasteiger partial charge in [0.15, 0.2) is 0 Å². The Morgan fingerprint density at radius 2 is 1.83 bits per heavy atom. The molecule has 0 aliphatic heterocycles. The van der Waals surface area contributed by atoms with Gasteiger partial charge >= 0.3 is 0 Å². The van der Waals surface area contributed by atoms with E-state index in [-0.39, 0.29) is 5.91 Å². The Morgan fingerprint density at radius 3 is 2.39 bits per heavy atom. The highest BCUT2D eigenvalue weighted by atomic mass is 16.5. The van der Waals surface area contributed by atoms with E-state index in [0.717, 1.165) is 11.3 Å². The highest BCUT2D eigenvalue weighted by Crippen LogP contribution is 2.26. The summed E-state index contributed by atoms with van der Waals surface area (Å²) in [6.07, 6.45) is 2.49. The first-order valence-electron chi connectivity index (χ1n) is 7.47. The first kappa shape index (κ1) is 16.8. The van der Waals surface area contributed by atoms with E-state index >= 15 is 0 Å². The highest BCUT2D eigenvalue weighted by Gasteiger charge is 2.25. The van der Waals surface area contributed by atoms with Crippen molar-refractivity contribution in [3.63, 3.8) is 0 Å². The lowest BCUT2D eigenvalue weighted by Gasteiger charge is -2.30. The fraction of sp³-hybridized carbons (Fsp3) is 0.211. The van der Waals surface area contributed by atoms with Crippen molar-refractivity contribution in [2.24, 2.45) is 0 Å². The summed E-state index contributed by atoms with van der Waals surface area (Å²) in [5.41, 5.74) is 7.10. The molecular weight excluding hydrogens is 288 g/mol. The SMILES string of the molecule is C=CC[C@@](C)(NNC(=O)c1ccccc1)c1ccc(OC)cc1. The van der Waals surface area contributed by atoms with Gasteiger partial charge in [-0.1, -0.05) is 36.4 Å². The number of carbonyl (C=O) groups is 1. The second-order valence-corrected chi connectivity index (χ2v) is 5.50. The summed E-state index contributed by atoms with van der Waals surface area (Å²) in [5.74, 6) is 0.623. The Balaban J connectivity index is 2.13. The number of rotatable bonds is 7. The van der Waals surface area contributed by atoms with Crippen LogP contribution in [-0.2, 0) is 5.54 Å². The fourth-order valence-corrected chi connectivity index (χ4v) is 2.35. The minimum atomic E-state index is -0.460. The molecule has 0 spiro atoms. The van der Waals surface area contributed by atoms with Crippen LogP contribution >= 0.6 is 0 Å². The van der Waals surface area contributed by atoms with Crippen LogP contribution in [0.5, 0.6) is 5.75 Å². The molecule has 2 aromatic carbocycles. The molecule has 120 valence electrons. The van der Waals surface area contributed by atoms with Crippen molar-refractivity contribution in [1.29, 1.82) is 0 Å². The Labute approximate surface area is 137 Å². The summed E-state index contributed by atoms with van der Waals surface area (Å²) in [5, 5.41) is 0. The summed E-state index contributed by atoms with van der Waals surface area (Å²) < 4.78 is 5.19. The minimum Gasteiger partial charge on any atom is -0.497 e. The maximum Gasteiger partial charge on any atom is 0.265 e. The largest absolute Gasteiger partial charge is 0.497 e. The summed E-state index contributed by atoms with van der Waals surface area (Å²) in [6.45, 7) is 5.83. The molecule has 0 aliphatic rings. The molecule has 0 fully saturated rings. The number of benzene rings is 2. The lowest BCUT2D eigenvalue weighted by molar-refractivity contribution is 0.0907. The van der Waals surface area contributed by atoms with Gasteiger partial charge in [-0.05, 0) is 43.2 Å². The van der Waals surface area contributed by atoms with E-state index in [9.17, 15) is 4.79 Å². The van der Waals surface area contributed by atoms with Gasteiger partial charge in [-0.2, -0.15) is 0 Å². The fourth-order valence-electron chi connectivity index (χ4n) is 2.35. The van der Waals surface area contributed by atoms with Gasteiger partial charge < -0.3 is 4.74 Å². The first-order valence-corrected chi connectivity index (χ1v) is 7.47. The van der Waals surface area contributed by atoms with Gasteiger partial charge in [-0.15, -0.1) is 6.58 Å². The van der Waals surface area contributed by atoms with Crippen LogP contribution in [0.15, 0.2) is 67.3 Å². The van der Waals surface area contributed by atoms with Gasteiger partial charge in [0.05, 0.1) is 12.6 Å². The molecule has 0 saturated carbocycles. The molecule has 0 aliphatic carbocycles. The molecule has 0 unspecified atom stereocenters. The number of amides is 1. The summed E-state index contributed by atoms with van der Waals surface area (Å²) in [7, 11) is 1.64. The number of ether oxygens (including phenoxy) is 1. The van der Waals surface area contributed by atoms with Crippen molar-refractivity contribution in [3.05, 3.63) is 78.4 Å². The number of carbonyl (C=O) groups excluding carboxylic acids is 1. The second-order valence-electron chi connectivity index (χ2n) is 5.50. The predicted molar refractivity (Wildman–Crippen MR) is 92.2 cm³/mol. The molecule has 2 N–H and O–H groups in total. The summed E-state index contributed by atoms with van der Waals surface area (Å²) in [6, 6.07) is 16.8. The smallest absolute Gasteiger partial charge is 0.265 e. The molecule has 0 aromatic heterocycles. The van der Waals surface area contributed by atoms with Crippen molar-refractivity contribution in [2.45, 2.75) is 18.9 Å². The van der Waals surface area contributed by atoms with Gasteiger partial charge in [0.1, 0.15) is 5.75 Å². The van der Waals surface area contributed by atoms with E-state index in [1.807, 2.05) is 55.5 Å². The van der Waals surface area contributed by atoms with Crippen LogP contribution in [0.2, 0.25) is 0 Å². The van der Waals surface area contributed by atoms with Crippen molar-refractivity contribution in [1.82, 2.24) is 10.9 Å². The van der Waals surface area contributed by atoms with Crippen molar-refractivity contribution in [3.8, 4) is 5.75 Å². The zero-order chi connectivity index (χ0) is 16.7. The van der Waals surface area contributed by atoms with Crippen molar-refractivity contribution in [2.75, 3.05) is 7.11 Å². The molecule has 1 amide bonds.